The van der Waals surface area contributed by atoms with Crippen molar-refractivity contribution in [1.82, 2.24) is 14.9 Å². The summed E-state index contributed by atoms with van der Waals surface area (Å²) in [6, 6.07) is 5.99. The Balaban J connectivity index is 1.44. The number of nitrogens with zero attached hydrogens (tertiary/aromatic N) is 3. The summed E-state index contributed by atoms with van der Waals surface area (Å²) in [7, 11) is 0. The Bertz CT molecular complexity index is 554. The summed E-state index contributed by atoms with van der Waals surface area (Å²) in [6.45, 7) is 6.49. The molecular weight excluding hydrogens is 280 g/mol. The van der Waals surface area contributed by atoms with Crippen molar-refractivity contribution in [3.8, 4) is 0 Å². The van der Waals surface area contributed by atoms with E-state index in [9.17, 15) is 0 Å². The Morgan fingerprint density at radius 1 is 1.43 bits per heavy atom. The molecule has 1 aliphatic rings. The fourth-order valence-corrected chi connectivity index (χ4v) is 3.49. The summed E-state index contributed by atoms with van der Waals surface area (Å²) < 4.78 is 0. The van der Waals surface area contributed by atoms with E-state index in [0.717, 1.165) is 31.9 Å². The quantitative estimate of drug-likeness (QED) is 0.890. The second-order valence-corrected chi connectivity index (χ2v) is 6.51. The average Bonchev–Trinajstić information content (AvgIpc) is 3.16. The normalized spacial score (nSPS) is 19.0. The summed E-state index contributed by atoms with van der Waals surface area (Å²) in [5.74, 6) is 1.68. The number of hydrogen-bond donors (Lipinski definition) is 1. The van der Waals surface area contributed by atoms with Crippen molar-refractivity contribution < 1.29 is 0 Å². The molecule has 1 N–H and O–H groups in total. The van der Waals surface area contributed by atoms with Crippen LogP contribution in [0.3, 0.4) is 0 Å². The molecule has 2 aromatic heterocycles. The SMILES string of the molecule is CCc1nc(CN2CC[C@@H](CNc3ccccn3)C2)cs1. The highest BCUT2D eigenvalue weighted by Crippen LogP contribution is 2.20. The molecule has 1 fully saturated rings. The van der Waals surface area contributed by atoms with E-state index in [1.54, 1.807) is 11.3 Å². The van der Waals surface area contributed by atoms with E-state index in [0.29, 0.717) is 5.92 Å². The fraction of sp³-hybridized carbons (Fsp3) is 0.500. The minimum atomic E-state index is 0.705. The van der Waals surface area contributed by atoms with E-state index in [4.69, 9.17) is 0 Å². The molecule has 3 rings (SSSR count). The van der Waals surface area contributed by atoms with E-state index in [2.05, 4.69) is 32.5 Å². The van der Waals surface area contributed by atoms with Crippen LogP contribution in [-0.2, 0) is 13.0 Å². The van der Waals surface area contributed by atoms with Crippen molar-refractivity contribution in [2.24, 2.45) is 5.92 Å². The zero-order valence-electron chi connectivity index (χ0n) is 12.5. The molecule has 0 bridgehead atoms. The highest BCUT2D eigenvalue weighted by Gasteiger charge is 2.22. The van der Waals surface area contributed by atoms with Gasteiger partial charge in [0.1, 0.15) is 5.82 Å². The van der Waals surface area contributed by atoms with Crippen LogP contribution in [0.2, 0.25) is 0 Å². The van der Waals surface area contributed by atoms with Gasteiger partial charge in [0, 0.05) is 31.2 Å². The number of aromatic nitrogens is 2. The van der Waals surface area contributed by atoms with Crippen molar-refractivity contribution in [3.05, 3.63) is 40.5 Å². The minimum Gasteiger partial charge on any atom is -0.370 e. The number of anilines is 1. The van der Waals surface area contributed by atoms with Crippen LogP contribution >= 0.6 is 11.3 Å². The van der Waals surface area contributed by atoms with Gasteiger partial charge in [0.05, 0.1) is 10.7 Å². The molecule has 4 nitrogen and oxygen atoms in total. The van der Waals surface area contributed by atoms with E-state index >= 15 is 0 Å². The predicted molar refractivity (Wildman–Crippen MR) is 87.6 cm³/mol. The van der Waals surface area contributed by atoms with Gasteiger partial charge in [0.2, 0.25) is 0 Å². The first-order valence-electron chi connectivity index (χ1n) is 7.64. The fourth-order valence-electron chi connectivity index (χ4n) is 2.75. The lowest BCUT2D eigenvalue weighted by Crippen LogP contribution is -2.23. The van der Waals surface area contributed by atoms with E-state index in [1.807, 2.05) is 24.4 Å². The molecule has 0 amide bonds. The van der Waals surface area contributed by atoms with Gasteiger partial charge in [0.25, 0.3) is 0 Å². The summed E-state index contributed by atoms with van der Waals surface area (Å²) >= 11 is 1.78. The van der Waals surface area contributed by atoms with Gasteiger partial charge in [-0.3, -0.25) is 4.90 Å². The zero-order valence-corrected chi connectivity index (χ0v) is 13.3. The molecule has 2 aromatic rings. The molecule has 0 aromatic carbocycles. The maximum absolute atomic E-state index is 4.66. The highest BCUT2D eigenvalue weighted by molar-refractivity contribution is 7.09. The standard InChI is InChI=1S/C16H22N4S/c1-2-16-19-14(12-21-16)11-20-8-6-13(10-20)9-18-15-5-3-4-7-17-15/h3-5,7,12-13H,2,6,8-11H2,1H3,(H,17,18)/t13-/m0/s1. The first kappa shape index (κ1) is 14.5. The molecule has 0 unspecified atom stereocenters. The Hall–Kier alpha value is -1.46. The molecule has 21 heavy (non-hydrogen) atoms. The van der Waals surface area contributed by atoms with Gasteiger partial charge in [-0.05, 0) is 37.4 Å². The first-order chi connectivity index (χ1) is 10.3. The van der Waals surface area contributed by atoms with Crippen LogP contribution < -0.4 is 5.32 Å². The lowest BCUT2D eigenvalue weighted by molar-refractivity contribution is 0.315. The first-order valence-corrected chi connectivity index (χ1v) is 8.52. The Morgan fingerprint density at radius 3 is 3.14 bits per heavy atom. The number of pyridine rings is 1. The molecule has 0 aliphatic carbocycles. The maximum Gasteiger partial charge on any atom is 0.125 e. The number of rotatable bonds is 6. The van der Waals surface area contributed by atoms with Crippen molar-refractivity contribution in [1.29, 1.82) is 0 Å². The van der Waals surface area contributed by atoms with Gasteiger partial charge in [0.15, 0.2) is 0 Å². The van der Waals surface area contributed by atoms with Gasteiger partial charge in [-0.15, -0.1) is 11.3 Å². The van der Waals surface area contributed by atoms with E-state index < -0.39 is 0 Å². The van der Waals surface area contributed by atoms with E-state index in [-0.39, 0.29) is 0 Å². The van der Waals surface area contributed by atoms with Crippen LogP contribution in [0, 0.1) is 5.92 Å². The Morgan fingerprint density at radius 2 is 2.38 bits per heavy atom. The van der Waals surface area contributed by atoms with Crippen LogP contribution in [-0.4, -0.2) is 34.5 Å². The molecule has 0 saturated carbocycles. The third-order valence-corrected chi connectivity index (χ3v) is 4.94. The number of aryl methyl sites for hydroxylation is 1. The third-order valence-electron chi connectivity index (χ3n) is 3.89. The number of hydrogen-bond acceptors (Lipinski definition) is 5. The number of nitrogens with one attached hydrogen (secondary N) is 1. The van der Waals surface area contributed by atoms with Gasteiger partial charge >= 0.3 is 0 Å². The number of likely N-dealkylation sites (tertiary alicyclic amines) is 1. The lowest BCUT2D eigenvalue weighted by atomic mass is 10.1. The lowest BCUT2D eigenvalue weighted by Gasteiger charge is -2.15. The monoisotopic (exact) mass is 302 g/mol. The molecule has 0 spiro atoms. The van der Waals surface area contributed by atoms with Gasteiger partial charge in [-0.2, -0.15) is 0 Å². The van der Waals surface area contributed by atoms with Gasteiger partial charge in [-0.25, -0.2) is 9.97 Å². The smallest absolute Gasteiger partial charge is 0.125 e. The van der Waals surface area contributed by atoms with Crippen molar-refractivity contribution >= 4 is 17.2 Å². The summed E-state index contributed by atoms with van der Waals surface area (Å²) in [4.78, 5) is 11.5. The van der Waals surface area contributed by atoms with Crippen LogP contribution in [0.4, 0.5) is 5.82 Å². The Kier molecular flexibility index (Phi) is 4.83. The average molecular weight is 302 g/mol. The Labute approximate surface area is 130 Å². The summed E-state index contributed by atoms with van der Waals surface area (Å²) in [6.07, 6.45) is 4.13. The molecule has 1 atom stereocenters. The van der Waals surface area contributed by atoms with Crippen molar-refractivity contribution in [2.45, 2.75) is 26.3 Å². The summed E-state index contributed by atoms with van der Waals surface area (Å²) in [5.41, 5.74) is 1.23. The largest absolute Gasteiger partial charge is 0.370 e. The van der Waals surface area contributed by atoms with Crippen LogP contribution in [0.25, 0.3) is 0 Å². The maximum atomic E-state index is 4.66. The highest BCUT2D eigenvalue weighted by atomic mass is 32.1. The molecular formula is C16H22N4S. The van der Waals surface area contributed by atoms with Crippen LogP contribution in [0.1, 0.15) is 24.0 Å². The third kappa shape index (κ3) is 4.02. The second-order valence-electron chi connectivity index (χ2n) is 5.57. The van der Waals surface area contributed by atoms with Crippen molar-refractivity contribution in [3.63, 3.8) is 0 Å². The molecule has 0 radical (unpaired) electrons. The zero-order chi connectivity index (χ0) is 14.5. The molecule has 3 heterocycles. The van der Waals surface area contributed by atoms with Gasteiger partial charge < -0.3 is 5.32 Å². The van der Waals surface area contributed by atoms with Crippen LogP contribution in [0.5, 0.6) is 0 Å². The molecule has 112 valence electrons. The topological polar surface area (TPSA) is 41.1 Å². The molecule has 5 heteroatoms. The summed E-state index contributed by atoms with van der Waals surface area (Å²) in [5, 5.41) is 6.89. The molecule has 1 aliphatic heterocycles. The second kappa shape index (κ2) is 7.00. The van der Waals surface area contributed by atoms with Gasteiger partial charge in [-0.1, -0.05) is 13.0 Å². The van der Waals surface area contributed by atoms with Crippen LogP contribution in [0.15, 0.2) is 29.8 Å². The van der Waals surface area contributed by atoms with Crippen molar-refractivity contribution in [2.75, 3.05) is 25.0 Å². The molecule has 1 saturated heterocycles. The number of thiazole rings is 1. The predicted octanol–water partition coefficient (Wildman–Crippen LogP) is 3.03. The van der Waals surface area contributed by atoms with E-state index in [1.165, 1.54) is 23.7 Å². The minimum absolute atomic E-state index is 0.705.